The summed E-state index contributed by atoms with van der Waals surface area (Å²) in [6.07, 6.45) is 0.542. The average molecular weight is 913 g/mol. The van der Waals surface area contributed by atoms with E-state index in [1.807, 2.05) is 72.8 Å². The van der Waals surface area contributed by atoms with E-state index in [9.17, 15) is 28.8 Å². The number of aromatic nitrogens is 1. The van der Waals surface area contributed by atoms with Crippen LogP contribution >= 0.6 is 0 Å². The van der Waals surface area contributed by atoms with Crippen molar-refractivity contribution in [3.8, 4) is 45.1 Å². The van der Waals surface area contributed by atoms with Gasteiger partial charge in [-0.3, -0.25) is 39.0 Å². The Hall–Kier alpha value is -7.47. The van der Waals surface area contributed by atoms with Gasteiger partial charge in [-0.05, 0) is 65.9 Å². The number of hydrogen-bond acceptors (Lipinski definition) is 13. The van der Waals surface area contributed by atoms with Crippen LogP contribution in [-0.2, 0) is 44.6 Å². The van der Waals surface area contributed by atoms with Crippen molar-refractivity contribution in [1.82, 2.24) is 20.5 Å². The second-order valence-electron chi connectivity index (χ2n) is 15.6. The number of pyridine rings is 1. The molecule has 7 rings (SSSR count). The maximum absolute atomic E-state index is 13.4. The number of hydrogen-bond donors (Lipinski definition) is 4. The lowest BCUT2D eigenvalue weighted by Crippen LogP contribution is -2.54. The molecule has 4 N–H and O–H groups in total. The summed E-state index contributed by atoms with van der Waals surface area (Å²) in [5, 5.41) is 11.1. The van der Waals surface area contributed by atoms with Crippen LogP contribution < -0.4 is 30.7 Å². The van der Waals surface area contributed by atoms with E-state index in [4.69, 9.17) is 28.7 Å². The topological polar surface area (TPSA) is 213 Å². The molecule has 4 aromatic carbocycles. The molecular formula is C50H52N6O11. The van der Waals surface area contributed by atoms with Crippen LogP contribution in [0.4, 0.5) is 11.4 Å². The van der Waals surface area contributed by atoms with Crippen LogP contribution in [0.5, 0.6) is 11.5 Å². The zero-order valence-electron chi connectivity index (χ0n) is 37.3. The number of aryl methyl sites for hydroxylation is 1. The molecule has 0 bridgehead atoms. The summed E-state index contributed by atoms with van der Waals surface area (Å²) in [5.41, 5.74) is 7.69. The van der Waals surface area contributed by atoms with Gasteiger partial charge in [-0.15, -0.1) is 0 Å². The number of amides is 6. The van der Waals surface area contributed by atoms with Gasteiger partial charge in [0.2, 0.25) is 24.1 Å². The highest BCUT2D eigenvalue weighted by molar-refractivity contribution is 6.10. The molecular weight excluding hydrogens is 861 g/mol. The molecule has 1 aromatic heterocycles. The number of ether oxygens (including phenoxy) is 5. The minimum Gasteiger partial charge on any atom is -0.493 e. The summed E-state index contributed by atoms with van der Waals surface area (Å²) < 4.78 is 28.4. The number of rotatable bonds is 22. The second kappa shape index (κ2) is 23.1. The lowest BCUT2D eigenvalue weighted by Gasteiger charge is -2.29. The summed E-state index contributed by atoms with van der Waals surface area (Å²) in [6.45, 7) is 3.93. The fourth-order valence-electron chi connectivity index (χ4n) is 7.79. The molecule has 2 aliphatic rings. The Morgan fingerprint density at radius 2 is 1.51 bits per heavy atom. The molecule has 2 aliphatic heterocycles. The first kappa shape index (κ1) is 47.5. The van der Waals surface area contributed by atoms with Crippen LogP contribution in [0.15, 0.2) is 97.1 Å². The van der Waals surface area contributed by atoms with Crippen molar-refractivity contribution in [3.63, 3.8) is 0 Å². The second-order valence-corrected chi connectivity index (χ2v) is 15.6. The molecule has 1 atom stereocenters. The van der Waals surface area contributed by atoms with Crippen molar-refractivity contribution < 1.29 is 52.5 Å². The molecule has 5 aromatic rings. The number of fused-ring (bicyclic) bond motifs is 3. The van der Waals surface area contributed by atoms with Crippen LogP contribution in [0.25, 0.3) is 33.6 Å². The van der Waals surface area contributed by atoms with Gasteiger partial charge < -0.3 is 39.6 Å². The lowest BCUT2D eigenvalue weighted by atomic mass is 9.92. The summed E-state index contributed by atoms with van der Waals surface area (Å²) >= 11 is 0. The molecule has 17 heteroatoms. The molecule has 0 radical (unpaired) electrons. The molecule has 17 nitrogen and oxygen atoms in total. The molecule has 6 amide bonds. The van der Waals surface area contributed by atoms with Gasteiger partial charge in [0.15, 0.2) is 18.1 Å². The molecule has 0 saturated carbocycles. The number of carbonyl (C=O) groups excluding carboxylic acids is 6. The van der Waals surface area contributed by atoms with Crippen LogP contribution in [0.3, 0.4) is 0 Å². The van der Waals surface area contributed by atoms with Crippen molar-refractivity contribution in [1.29, 1.82) is 0 Å². The summed E-state index contributed by atoms with van der Waals surface area (Å²) in [7, 11) is 1.53. The monoisotopic (exact) mass is 912 g/mol. The van der Waals surface area contributed by atoms with Gasteiger partial charge in [0.1, 0.15) is 6.04 Å². The number of benzene rings is 4. The first-order chi connectivity index (χ1) is 32.6. The third-order valence-electron chi connectivity index (χ3n) is 11.1. The highest BCUT2D eigenvalue weighted by Crippen LogP contribution is 2.41. The molecule has 67 heavy (non-hydrogen) atoms. The van der Waals surface area contributed by atoms with Crippen LogP contribution in [0.2, 0.25) is 0 Å². The van der Waals surface area contributed by atoms with Crippen LogP contribution in [-0.4, -0.2) is 118 Å². The van der Waals surface area contributed by atoms with Crippen molar-refractivity contribution in [2.45, 2.75) is 32.2 Å². The Labute approximate surface area is 387 Å². The number of piperidine rings is 1. The first-order valence-electron chi connectivity index (χ1n) is 21.9. The van der Waals surface area contributed by atoms with Crippen molar-refractivity contribution in [2.24, 2.45) is 0 Å². The molecule has 1 fully saturated rings. The molecule has 1 unspecified atom stereocenters. The number of carbonyl (C=O) groups is 6. The minimum atomic E-state index is -1.07. The number of nitrogens with one attached hydrogen (secondary N) is 4. The summed E-state index contributed by atoms with van der Waals surface area (Å²) in [5.74, 6) is -1.45. The Morgan fingerprint density at radius 1 is 0.776 bits per heavy atom. The maximum Gasteiger partial charge on any atom is 0.263 e. The van der Waals surface area contributed by atoms with E-state index < -0.39 is 23.8 Å². The van der Waals surface area contributed by atoms with Gasteiger partial charge in [0.25, 0.3) is 11.8 Å². The average Bonchev–Trinajstić information content (AvgIpc) is 3.48. The van der Waals surface area contributed by atoms with E-state index in [-0.39, 0.29) is 56.4 Å². The third-order valence-corrected chi connectivity index (χ3v) is 11.1. The van der Waals surface area contributed by atoms with E-state index >= 15 is 0 Å². The van der Waals surface area contributed by atoms with Crippen LogP contribution in [0, 0.1) is 6.92 Å². The quantitative estimate of drug-likeness (QED) is 0.0412. The van der Waals surface area contributed by atoms with Gasteiger partial charge in [0, 0.05) is 36.3 Å². The summed E-state index contributed by atoms with van der Waals surface area (Å²) in [4.78, 5) is 81.0. The largest absolute Gasteiger partial charge is 0.493 e. The normalized spacial score (nSPS) is 14.1. The smallest absolute Gasteiger partial charge is 0.263 e. The predicted molar refractivity (Wildman–Crippen MR) is 248 cm³/mol. The Morgan fingerprint density at radius 3 is 2.25 bits per heavy atom. The Bertz CT molecular complexity index is 2610. The Kier molecular flexibility index (Phi) is 16.4. The maximum atomic E-state index is 13.4. The fourth-order valence-corrected chi connectivity index (χ4v) is 7.79. The number of methoxy groups -OCH3 is 1. The standard InChI is InChI=1S/C50H52N6O11/c1-32-9-8-14-39(47(32)50(62)56(31-57)41-16-18-44(58)55-49(41)61)51-19-21-64-23-25-66-26-24-65-22-20-52-46(60)30-67-42-17-15-34(27-43(42)63-2)36-28-40(33-10-4-3-5-11-33)54-48-35-12-6-7-13-38(35)53-45(59)29-37(36)48/h3-15,17,27-28,31,41,51H,16,18-26,29-30H2,1-2H3,(H,52,60)(H,53,59)(H,55,58,61). The molecule has 0 spiro atoms. The van der Waals surface area contributed by atoms with Crippen molar-refractivity contribution in [3.05, 3.63) is 114 Å². The third kappa shape index (κ3) is 12.1. The van der Waals surface area contributed by atoms with E-state index in [1.54, 1.807) is 31.2 Å². The number of anilines is 2. The van der Waals surface area contributed by atoms with Gasteiger partial charge in [-0.25, -0.2) is 4.98 Å². The fraction of sp³-hybridized carbons (Fsp3) is 0.300. The SMILES string of the molecule is COc1cc(-c2cc(-c3ccccc3)nc3c2CC(=O)Nc2ccccc2-3)ccc1OCC(=O)NCCOCCOCCOCCNc1cccc(C)c1C(=O)N(C=O)C1CCC(=O)NC1=O. The molecule has 1 saturated heterocycles. The van der Waals surface area contributed by atoms with Gasteiger partial charge in [-0.2, -0.15) is 0 Å². The van der Waals surface area contributed by atoms with E-state index in [0.29, 0.717) is 74.4 Å². The zero-order valence-corrected chi connectivity index (χ0v) is 37.3. The first-order valence-corrected chi connectivity index (χ1v) is 21.9. The Balaban J connectivity index is 0.806. The zero-order chi connectivity index (χ0) is 47.1. The van der Waals surface area contributed by atoms with E-state index in [0.717, 1.165) is 44.1 Å². The summed E-state index contributed by atoms with van der Waals surface area (Å²) in [6, 6.07) is 29.1. The van der Waals surface area contributed by atoms with Crippen molar-refractivity contribution >= 4 is 47.3 Å². The van der Waals surface area contributed by atoms with Gasteiger partial charge in [-0.1, -0.05) is 66.7 Å². The number of nitrogens with zero attached hydrogens (tertiary/aromatic N) is 2. The molecule has 0 aliphatic carbocycles. The van der Waals surface area contributed by atoms with E-state index in [2.05, 4.69) is 21.3 Å². The molecule has 3 heterocycles. The lowest BCUT2D eigenvalue weighted by molar-refractivity contribution is -0.139. The molecule has 348 valence electrons. The van der Waals surface area contributed by atoms with Gasteiger partial charge >= 0.3 is 0 Å². The number of para-hydroxylation sites is 1. The van der Waals surface area contributed by atoms with E-state index in [1.165, 1.54) is 7.11 Å². The van der Waals surface area contributed by atoms with Gasteiger partial charge in [0.05, 0.1) is 75.8 Å². The minimum absolute atomic E-state index is 0.0316. The highest BCUT2D eigenvalue weighted by atomic mass is 16.5. The predicted octanol–water partition coefficient (Wildman–Crippen LogP) is 4.95. The van der Waals surface area contributed by atoms with Crippen molar-refractivity contribution in [2.75, 3.05) is 77.1 Å². The highest BCUT2D eigenvalue weighted by Gasteiger charge is 2.36. The van der Waals surface area contributed by atoms with Crippen LogP contribution in [0.1, 0.15) is 34.3 Å². The number of imide groups is 2.